The molecule has 4 nitrogen and oxygen atoms in total. The Kier molecular flexibility index (Phi) is 5.21. The van der Waals surface area contributed by atoms with Crippen LogP contribution in [0.15, 0.2) is 24.3 Å². The topological polar surface area (TPSA) is 54.5 Å². The molecule has 2 atom stereocenters. The van der Waals surface area contributed by atoms with Crippen molar-refractivity contribution in [3.8, 4) is 0 Å². The number of sulfone groups is 1. The standard InChI is InChI=1S/C16H22FNO3S/c1-3-18(15-8-9-22(20,21)11-15)16(19)10-12(2)13-4-6-14(17)7-5-13/h4-7,12,15H,3,8-11H2,1-2H3. The van der Waals surface area contributed by atoms with E-state index >= 15 is 0 Å². The van der Waals surface area contributed by atoms with Gasteiger partial charge in [0.05, 0.1) is 11.5 Å². The van der Waals surface area contributed by atoms with Crippen molar-refractivity contribution in [3.05, 3.63) is 35.6 Å². The summed E-state index contributed by atoms with van der Waals surface area (Å²) in [4.78, 5) is 14.2. The highest BCUT2D eigenvalue weighted by molar-refractivity contribution is 7.91. The second kappa shape index (κ2) is 6.77. The highest BCUT2D eigenvalue weighted by atomic mass is 32.2. The van der Waals surface area contributed by atoms with Gasteiger partial charge < -0.3 is 4.90 Å². The van der Waals surface area contributed by atoms with E-state index < -0.39 is 9.84 Å². The summed E-state index contributed by atoms with van der Waals surface area (Å²) in [5.74, 6) is -0.137. The second-order valence-corrected chi connectivity index (χ2v) is 8.12. The van der Waals surface area contributed by atoms with Crippen LogP contribution in [0.25, 0.3) is 0 Å². The minimum atomic E-state index is -3.01. The van der Waals surface area contributed by atoms with Crippen LogP contribution in [0, 0.1) is 5.82 Å². The molecule has 0 aliphatic carbocycles. The van der Waals surface area contributed by atoms with Gasteiger partial charge in [0.1, 0.15) is 5.82 Å². The van der Waals surface area contributed by atoms with Crippen LogP contribution in [0.3, 0.4) is 0 Å². The van der Waals surface area contributed by atoms with Crippen LogP contribution in [0.5, 0.6) is 0 Å². The van der Waals surface area contributed by atoms with E-state index in [2.05, 4.69) is 0 Å². The monoisotopic (exact) mass is 327 g/mol. The van der Waals surface area contributed by atoms with Gasteiger partial charge in [-0.15, -0.1) is 0 Å². The Labute approximate surface area is 131 Å². The number of carbonyl (C=O) groups is 1. The van der Waals surface area contributed by atoms with Crippen molar-refractivity contribution in [2.75, 3.05) is 18.1 Å². The first-order valence-electron chi connectivity index (χ1n) is 7.57. The largest absolute Gasteiger partial charge is 0.339 e. The van der Waals surface area contributed by atoms with E-state index in [9.17, 15) is 17.6 Å². The van der Waals surface area contributed by atoms with Gasteiger partial charge in [0, 0.05) is 19.0 Å². The summed E-state index contributed by atoms with van der Waals surface area (Å²) in [6.45, 7) is 4.30. The van der Waals surface area contributed by atoms with Gasteiger partial charge in [0.2, 0.25) is 5.91 Å². The Morgan fingerprint density at radius 2 is 2.00 bits per heavy atom. The Morgan fingerprint density at radius 3 is 2.50 bits per heavy atom. The first kappa shape index (κ1) is 16.9. The number of hydrogen-bond acceptors (Lipinski definition) is 3. The van der Waals surface area contributed by atoms with Crippen LogP contribution < -0.4 is 0 Å². The van der Waals surface area contributed by atoms with Crippen molar-refractivity contribution in [2.24, 2.45) is 0 Å². The van der Waals surface area contributed by atoms with Gasteiger partial charge in [0.25, 0.3) is 0 Å². The van der Waals surface area contributed by atoms with Gasteiger partial charge in [-0.05, 0) is 37.0 Å². The lowest BCUT2D eigenvalue weighted by Gasteiger charge is -2.28. The number of benzene rings is 1. The van der Waals surface area contributed by atoms with Crippen molar-refractivity contribution in [1.82, 2.24) is 4.90 Å². The molecule has 1 aromatic rings. The number of rotatable bonds is 5. The molecule has 0 spiro atoms. The van der Waals surface area contributed by atoms with Crippen LogP contribution in [0.1, 0.15) is 38.2 Å². The van der Waals surface area contributed by atoms with E-state index in [0.29, 0.717) is 19.4 Å². The molecular weight excluding hydrogens is 305 g/mol. The minimum Gasteiger partial charge on any atom is -0.339 e. The zero-order chi connectivity index (χ0) is 16.3. The van der Waals surface area contributed by atoms with Crippen molar-refractivity contribution >= 4 is 15.7 Å². The van der Waals surface area contributed by atoms with E-state index in [1.54, 1.807) is 17.0 Å². The molecule has 0 saturated carbocycles. The molecule has 1 aromatic carbocycles. The third-order valence-electron chi connectivity index (χ3n) is 4.23. The Hall–Kier alpha value is -1.43. The van der Waals surface area contributed by atoms with Gasteiger partial charge in [-0.25, -0.2) is 12.8 Å². The second-order valence-electron chi connectivity index (χ2n) is 5.89. The molecule has 1 aliphatic heterocycles. The molecule has 1 heterocycles. The zero-order valence-electron chi connectivity index (χ0n) is 13.0. The zero-order valence-corrected chi connectivity index (χ0v) is 13.8. The summed E-state index contributed by atoms with van der Waals surface area (Å²) < 4.78 is 36.1. The molecule has 22 heavy (non-hydrogen) atoms. The summed E-state index contributed by atoms with van der Waals surface area (Å²) in [5.41, 5.74) is 0.907. The van der Waals surface area contributed by atoms with Crippen molar-refractivity contribution in [1.29, 1.82) is 0 Å². The first-order chi connectivity index (χ1) is 10.3. The Morgan fingerprint density at radius 1 is 1.36 bits per heavy atom. The van der Waals surface area contributed by atoms with Crippen molar-refractivity contribution < 1.29 is 17.6 Å². The fraction of sp³-hybridized carbons (Fsp3) is 0.562. The maximum Gasteiger partial charge on any atom is 0.223 e. The fourth-order valence-electron chi connectivity index (χ4n) is 2.95. The maximum absolute atomic E-state index is 12.9. The number of carbonyl (C=O) groups excluding carboxylic acids is 1. The van der Waals surface area contributed by atoms with E-state index in [-0.39, 0.29) is 35.2 Å². The van der Waals surface area contributed by atoms with Crippen molar-refractivity contribution in [2.45, 2.75) is 38.6 Å². The molecule has 2 rings (SSSR count). The van der Waals surface area contributed by atoms with E-state index in [4.69, 9.17) is 0 Å². The van der Waals surface area contributed by atoms with Gasteiger partial charge in [-0.1, -0.05) is 19.1 Å². The normalized spacial score (nSPS) is 21.5. The molecular formula is C16H22FNO3S. The third-order valence-corrected chi connectivity index (χ3v) is 5.98. The summed E-state index contributed by atoms with van der Waals surface area (Å²) in [7, 11) is -3.01. The molecule has 0 radical (unpaired) electrons. The average Bonchev–Trinajstić information content (AvgIpc) is 2.80. The predicted octanol–water partition coefficient (Wildman–Crippen LogP) is 2.35. The number of hydrogen-bond donors (Lipinski definition) is 0. The third kappa shape index (κ3) is 4.06. The molecule has 1 amide bonds. The fourth-order valence-corrected chi connectivity index (χ4v) is 4.68. The van der Waals surface area contributed by atoms with E-state index in [1.807, 2.05) is 13.8 Å². The lowest BCUT2D eigenvalue weighted by atomic mass is 9.97. The summed E-state index contributed by atoms with van der Waals surface area (Å²) >= 11 is 0. The summed E-state index contributed by atoms with van der Waals surface area (Å²) in [6.07, 6.45) is 0.822. The molecule has 2 unspecified atom stereocenters. The molecule has 122 valence electrons. The predicted molar refractivity (Wildman–Crippen MR) is 83.9 cm³/mol. The minimum absolute atomic E-state index is 0.0276. The Bertz CT molecular complexity index is 627. The van der Waals surface area contributed by atoms with E-state index in [1.165, 1.54) is 12.1 Å². The SMILES string of the molecule is CCN(C(=O)CC(C)c1ccc(F)cc1)C1CCS(=O)(=O)C1. The van der Waals surface area contributed by atoms with Gasteiger partial charge in [-0.3, -0.25) is 4.79 Å². The van der Waals surface area contributed by atoms with Crippen LogP contribution in [0.2, 0.25) is 0 Å². The van der Waals surface area contributed by atoms with Gasteiger partial charge in [0.15, 0.2) is 9.84 Å². The molecule has 1 saturated heterocycles. The number of nitrogens with zero attached hydrogens (tertiary/aromatic N) is 1. The summed E-state index contributed by atoms with van der Waals surface area (Å²) in [6, 6.07) is 5.94. The van der Waals surface area contributed by atoms with Crippen LogP contribution >= 0.6 is 0 Å². The smallest absolute Gasteiger partial charge is 0.223 e. The number of halogens is 1. The summed E-state index contributed by atoms with van der Waals surface area (Å²) in [5, 5.41) is 0. The highest BCUT2D eigenvalue weighted by Crippen LogP contribution is 2.23. The van der Waals surface area contributed by atoms with Gasteiger partial charge >= 0.3 is 0 Å². The molecule has 1 aliphatic rings. The number of amides is 1. The quantitative estimate of drug-likeness (QED) is 0.834. The molecule has 6 heteroatoms. The maximum atomic E-state index is 12.9. The molecule has 0 aromatic heterocycles. The van der Waals surface area contributed by atoms with Crippen LogP contribution in [0.4, 0.5) is 4.39 Å². The average molecular weight is 327 g/mol. The first-order valence-corrected chi connectivity index (χ1v) is 9.40. The van der Waals surface area contributed by atoms with Gasteiger partial charge in [-0.2, -0.15) is 0 Å². The molecule has 0 N–H and O–H groups in total. The van der Waals surface area contributed by atoms with E-state index in [0.717, 1.165) is 5.56 Å². The lowest BCUT2D eigenvalue weighted by Crippen LogP contribution is -2.41. The Balaban J connectivity index is 2.01. The van der Waals surface area contributed by atoms with Crippen LogP contribution in [-0.2, 0) is 14.6 Å². The van der Waals surface area contributed by atoms with Crippen LogP contribution in [-0.4, -0.2) is 43.3 Å². The highest BCUT2D eigenvalue weighted by Gasteiger charge is 2.34. The molecule has 0 bridgehead atoms. The van der Waals surface area contributed by atoms with Crippen molar-refractivity contribution in [3.63, 3.8) is 0 Å². The molecule has 1 fully saturated rings. The lowest BCUT2D eigenvalue weighted by molar-refractivity contribution is -0.133.